The molecular formula is C27H27N3O4. The molecule has 0 radical (unpaired) electrons. The molecule has 0 aliphatic heterocycles. The van der Waals surface area contributed by atoms with Crippen LogP contribution in [0.3, 0.4) is 0 Å². The van der Waals surface area contributed by atoms with E-state index in [0.717, 1.165) is 39.5 Å². The molecule has 0 spiro atoms. The third kappa shape index (κ3) is 4.88. The average Bonchev–Trinajstić information content (AvgIpc) is 3.38. The van der Waals surface area contributed by atoms with Crippen molar-refractivity contribution in [3.8, 4) is 17.2 Å². The summed E-state index contributed by atoms with van der Waals surface area (Å²) in [4.78, 5) is 12.5. The summed E-state index contributed by atoms with van der Waals surface area (Å²) in [7, 11) is 0. The number of amides is 1. The van der Waals surface area contributed by atoms with Gasteiger partial charge in [0, 0.05) is 28.0 Å². The Bertz CT molecular complexity index is 1350. The molecule has 0 saturated heterocycles. The molecule has 34 heavy (non-hydrogen) atoms. The molecular weight excluding hydrogens is 430 g/mol. The normalized spacial score (nSPS) is 11.1. The lowest BCUT2D eigenvalue weighted by Crippen LogP contribution is -2.16. The SMILES string of the molecule is C=CCOc1ccc(-n2c(C)cc(/C=N/NC(=O)c3cc4cc(OCC)ccc4o3)c2C)cc1. The average molecular weight is 458 g/mol. The Balaban J connectivity index is 1.46. The number of carbonyl (C=O) groups excluding carboxylic acids is 1. The molecule has 2 heterocycles. The zero-order valence-electron chi connectivity index (χ0n) is 19.5. The first-order valence-corrected chi connectivity index (χ1v) is 11.0. The fourth-order valence-electron chi connectivity index (χ4n) is 3.77. The summed E-state index contributed by atoms with van der Waals surface area (Å²) in [6, 6.07) is 17.0. The van der Waals surface area contributed by atoms with Crippen molar-refractivity contribution in [1.82, 2.24) is 9.99 Å². The van der Waals surface area contributed by atoms with Gasteiger partial charge in [-0.05, 0) is 75.4 Å². The van der Waals surface area contributed by atoms with Gasteiger partial charge in [0.15, 0.2) is 5.76 Å². The van der Waals surface area contributed by atoms with Crippen LogP contribution in [0.15, 0.2) is 76.8 Å². The number of furan rings is 1. The first kappa shape index (κ1) is 22.9. The minimum absolute atomic E-state index is 0.185. The Morgan fingerprint density at radius 1 is 1.09 bits per heavy atom. The lowest BCUT2D eigenvalue weighted by atomic mass is 10.2. The Morgan fingerprint density at radius 3 is 2.59 bits per heavy atom. The van der Waals surface area contributed by atoms with Crippen molar-refractivity contribution in [2.24, 2.45) is 5.10 Å². The van der Waals surface area contributed by atoms with E-state index in [9.17, 15) is 4.79 Å². The van der Waals surface area contributed by atoms with Crippen LogP contribution in [0, 0.1) is 13.8 Å². The quantitative estimate of drug-likeness (QED) is 0.203. The molecule has 4 rings (SSSR count). The van der Waals surface area contributed by atoms with E-state index < -0.39 is 5.91 Å². The van der Waals surface area contributed by atoms with E-state index in [1.165, 1.54) is 0 Å². The van der Waals surface area contributed by atoms with Gasteiger partial charge in [-0.3, -0.25) is 4.79 Å². The number of hydrogen-bond donors (Lipinski definition) is 1. The monoisotopic (exact) mass is 457 g/mol. The zero-order valence-corrected chi connectivity index (χ0v) is 19.5. The van der Waals surface area contributed by atoms with Gasteiger partial charge in [0.2, 0.25) is 0 Å². The van der Waals surface area contributed by atoms with Crippen LogP contribution in [0.25, 0.3) is 16.7 Å². The molecule has 0 aliphatic carbocycles. The lowest BCUT2D eigenvalue weighted by Gasteiger charge is -2.11. The third-order valence-electron chi connectivity index (χ3n) is 5.33. The summed E-state index contributed by atoms with van der Waals surface area (Å²) in [5, 5.41) is 4.94. The largest absolute Gasteiger partial charge is 0.494 e. The number of hydrazone groups is 1. The van der Waals surface area contributed by atoms with Gasteiger partial charge in [0.1, 0.15) is 23.7 Å². The standard InChI is InChI=1S/C27H27N3O4/c1-5-13-33-23-9-7-22(8-10-23)30-18(3)14-21(19(30)4)17-28-29-27(31)26-16-20-15-24(32-6-2)11-12-25(20)34-26/h5,7-12,14-17H,1,6,13H2,2-4H3,(H,29,31)/b28-17+. The van der Waals surface area contributed by atoms with Crippen molar-refractivity contribution >= 4 is 23.1 Å². The number of benzene rings is 2. The zero-order chi connectivity index (χ0) is 24.1. The van der Waals surface area contributed by atoms with E-state index in [4.69, 9.17) is 13.9 Å². The molecule has 1 amide bonds. The molecule has 0 saturated carbocycles. The molecule has 1 N–H and O–H groups in total. The van der Waals surface area contributed by atoms with Crippen LogP contribution in [-0.4, -0.2) is 29.9 Å². The number of aryl methyl sites for hydroxylation is 1. The Labute approximate surface area is 198 Å². The van der Waals surface area contributed by atoms with Crippen LogP contribution < -0.4 is 14.9 Å². The van der Waals surface area contributed by atoms with Crippen molar-refractivity contribution < 1.29 is 18.7 Å². The fraction of sp³-hybridized carbons (Fsp3) is 0.185. The van der Waals surface area contributed by atoms with Crippen molar-refractivity contribution in [2.45, 2.75) is 20.8 Å². The summed E-state index contributed by atoms with van der Waals surface area (Å²) in [6.45, 7) is 10.7. The number of nitrogens with one attached hydrogen (secondary N) is 1. The second-order valence-corrected chi connectivity index (χ2v) is 7.70. The number of fused-ring (bicyclic) bond motifs is 1. The summed E-state index contributed by atoms with van der Waals surface area (Å²) in [5.41, 5.74) is 7.12. The molecule has 174 valence electrons. The maximum atomic E-state index is 12.5. The Hall–Kier alpha value is -4.26. The van der Waals surface area contributed by atoms with E-state index >= 15 is 0 Å². The number of hydrogen-bond acceptors (Lipinski definition) is 5. The smallest absolute Gasteiger partial charge is 0.307 e. The number of rotatable bonds is 9. The molecule has 0 fully saturated rings. The van der Waals surface area contributed by atoms with Crippen molar-refractivity contribution in [2.75, 3.05) is 13.2 Å². The van der Waals surface area contributed by atoms with Gasteiger partial charge < -0.3 is 18.5 Å². The topological polar surface area (TPSA) is 78.0 Å². The molecule has 2 aromatic carbocycles. The minimum atomic E-state index is -0.422. The van der Waals surface area contributed by atoms with Crippen LogP contribution >= 0.6 is 0 Å². The van der Waals surface area contributed by atoms with Gasteiger partial charge in [-0.2, -0.15) is 5.10 Å². The highest BCUT2D eigenvalue weighted by Gasteiger charge is 2.13. The van der Waals surface area contributed by atoms with Crippen LogP contribution in [0.2, 0.25) is 0 Å². The van der Waals surface area contributed by atoms with Gasteiger partial charge in [-0.15, -0.1) is 0 Å². The molecule has 2 aromatic heterocycles. The minimum Gasteiger partial charge on any atom is -0.494 e. The van der Waals surface area contributed by atoms with E-state index in [-0.39, 0.29) is 5.76 Å². The van der Waals surface area contributed by atoms with Gasteiger partial charge in [0.05, 0.1) is 12.8 Å². The fourth-order valence-corrected chi connectivity index (χ4v) is 3.77. The molecule has 0 atom stereocenters. The second-order valence-electron chi connectivity index (χ2n) is 7.70. The summed E-state index contributed by atoms with van der Waals surface area (Å²) in [5.74, 6) is 1.28. The second kappa shape index (κ2) is 10.1. The van der Waals surface area contributed by atoms with E-state index in [1.807, 2.05) is 63.2 Å². The van der Waals surface area contributed by atoms with Gasteiger partial charge in [0.25, 0.3) is 0 Å². The molecule has 7 heteroatoms. The van der Waals surface area contributed by atoms with Crippen LogP contribution in [0.5, 0.6) is 11.5 Å². The highest BCUT2D eigenvalue weighted by molar-refractivity contribution is 5.96. The molecule has 0 bridgehead atoms. The maximum absolute atomic E-state index is 12.5. The van der Waals surface area contributed by atoms with Crippen molar-refractivity contribution in [3.63, 3.8) is 0 Å². The van der Waals surface area contributed by atoms with Gasteiger partial charge >= 0.3 is 5.91 Å². The van der Waals surface area contributed by atoms with Crippen LogP contribution in [-0.2, 0) is 0 Å². The van der Waals surface area contributed by atoms with Gasteiger partial charge in [-0.25, -0.2) is 5.43 Å². The predicted octanol–water partition coefficient (Wildman–Crippen LogP) is 5.57. The first-order valence-electron chi connectivity index (χ1n) is 11.0. The highest BCUT2D eigenvalue weighted by Crippen LogP contribution is 2.25. The molecule has 0 aliphatic rings. The Morgan fingerprint density at radius 2 is 1.85 bits per heavy atom. The van der Waals surface area contributed by atoms with Crippen molar-refractivity contribution in [3.05, 3.63) is 90.0 Å². The number of nitrogens with zero attached hydrogens (tertiary/aromatic N) is 2. The Kier molecular flexibility index (Phi) is 6.82. The van der Waals surface area contributed by atoms with Gasteiger partial charge in [-0.1, -0.05) is 12.7 Å². The maximum Gasteiger partial charge on any atom is 0.307 e. The number of aromatic nitrogens is 1. The lowest BCUT2D eigenvalue weighted by molar-refractivity contribution is 0.0929. The number of ether oxygens (including phenoxy) is 2. The van der Waals surface area contributed by atoms with Crippen LogP contribution in [0.4, 0.5) is 0 Å². The van der Waals surface area contributed by atoms with Crippen molar-refractivity contribution in [1.29, 1.82) is 0 Å². The third-order valence-corrected chi connectivity index (χ3v) is 5.33. The van der Waals surface area contributed by atoms with E-state index in [0.29, 0.717) is 18.8 Å². The van der Waals surface area contributed by atoms with Crippen LogP contribution in [0.1, 0.15) is 34.4 Å². The molecule has 0 unspecified atom stereocenters. The molecule has 7 nitrogen and oxygen atoms in total. The summed E-state index contributed by atoms with van der Waals surface area (Å²) in [6.07, 6.45) is 3.35. The number of carbonyl (C=O) groups is 1. The molecule has 4 aromatic rings. The highest BCUT2D eigenvalue weighted by atomic mass is 16.5. The first-order chi connectivity index (χ1) is 16.5. The summed E-state index contributed by atoms with van der Waals surface area (Å²) >= 11 is 0. The van der Waals surface area contributed by atoms with E-state index in [2.05, 4.69) is 21.7 Å². The summed E-state index contributed by atoms with van der Waals surface area (Å²) < 4.78 is 18.8. The predicted molar refractivity (Wildman–Crippen MR) is 133 cm³/mol. The van der Waals surface area contributed by atoms with E-state index in [1.54, 1.807) is 24.4 Å².